The van der Waals surface area contributed by atoms with Gasteiger partial charge in [0.15, 0.2) is 0 Å². The van der Waals surface area contributed by atoms with Gasteiger partial charge >= 0.3 is 0 Å². The summed E-state index contributed by atoms with van der Waals surface area (Å²) in [6.07, 6.45) is 9.80. The van der Waals surface area contributed by atoms with Gasteiger partial charge in [-0.1, -0.05) is 13.3 Å². The average molecular weight is 224 g/mol. The van der Waals surface area contributed by atoms with Crippen LogP contribution in [-0.2, 0) is 0 Å². The van der Waals surface area contributed by atoms with Gasteiger partial charge in [0.1, 0.15) is 0 Å². The van der Waals surface area contributed by atoms with Crippen LogP contribution in [0.5, 0.6) is 0 Å². The minimum absolute atomic E-state index is 0.784. The molecule has 94 valence electrons. The molecule has 2 heteroatoms. The highest BCUT2D eigenvalue weighted by Crippen LogP contribution is 2.35. The predicted molar refractivity (Wildman–Crippen MR) is 69.7 cm³/mol. The molecule has 2 aliphatic carbocycles. The third kappa shape index (κ3) is 3.21. The van der Waals surface area contributed by atoms with E-state index >= 15 is 0 Å². The molecule has 1 N–H and O–H groups in total. The van der Waals surface area contributed by atoms with Crippen molar-refractivity contribution in [3.63, 3.8) is 0 Å². The molecule has 16 heavy (non-hydrogen) atoms. The van der Waals surface area contributed by atoms with Gasteiger partial charge in [0.05, 0.1) is 0 Å². The first-order valence-electron chi connectivity index (χ1n) is 7.13. The second-order valence-electron chi connectivity index (χ2n) is 6.00. The van der Waals surface area contributed by atoms with E-state index in [-0.39, 0.29) is 0 Å². The standard InChI is InChI=1S/C14H28N2/c1-4-14(11-8-9-11)15-12-6-5-7-13(10-12)16(2)3/h11-15H,4-10H2,1-3H3. The molecule has 3 atom stereocenters. The highest BCUT2D eigenvalue weighted by Gasteiger charge is 2.32. The maximum absolute atomic E-state index is 3.93. The molecule has 0 aromatic carbocycles. The van der Waals surface area contributed by atoms with Gasteiger partial charge < -0.3 is 10.2 Å². The van der Waals surface area contributed by atoms with Gasteiger partial charge in [-0.2, -0.15) is 0 Å². The van der Waals surface area contributed by atoms with Crippen molar-refractivity contribution in [1.82, 2.24) is 10.2 Å². The summed E-state index contributed by atoms with van der Waals surface area (Å²) in [4.78, 5) is 2.41. The molecule has 0 aliphatic heterocycles. The molecule has 0 bridgehead atoms. The van der Waals surface area contributed by atoms with Gasteiger partial charge in [-0.05, 0) is 58.5 Å². The summed E-state index contributed by atoms with van der Waals surface area (Å²) in [6, 6.07) is 2.40. The van der Waals surface area contributed by atoms with Crippen LogP contribution in [0, 0.1) is 5.92 Å². The van der Waals surface area contributed by atoms with E-state index in [1.165, 1.54) is 44.9 Å². The largest absolute Gasteiger partial charge is 0.311 e. The lowest BCUT2D eigenvalue weighted by Gasteiger charge is -2.35. The highest BCUT2D eigenvalue weighted by molar-refractivity contribution is 4.90. The fourth-order valence-corrected chi connectivity index (χ4v) is 3.17. The monoisotopic (exact) mass is 224 g/mol. The molecule has 2 saturated carbocycles. The first kappa shape index (κ1) is 12.4. The minimum Gasteiger partial charge on any atom is -0.311 e. The molecule has 2 aliphatic rings. The van der Waals surface area contributed by atoms with E-state index in [2.05, 4.69) is 31.2 Å². The number of hydrogen-bond acceptors (Lipinski definition) is 2. The Morgan fingerprint density at radius 2 is 1.94 bits per heavy atom. The van der Waals surface area contributed by atoms with Crippen LogP contribution in [0.15, 0.2) is 0 Å². The van der Waals surface area contributed by atoms with Crippen LogP contribution in [0.4, 0.5) is 0 Å². The fourth-order valence-electron chi connectivity index (χ4n) is 3.17. The molecule has 0 saturated heterocycles. The molecule has 3 unspecified atom stereocenters. The summed E-state index contributed by atoms with van der Waals surface area (Å²) in [5.74, 6) is 1.00. The molecular formula is C14H28N2. The number of nitrogens with one attached hydrogen (secondary N) is 1. The Morgan fingerprint density at radius 1 is 1.19 bits per heavy atom. The summed E-state index contributed by atoms with van der Waals surface area (Å²) in [6.45, 7) is 2.34. The van der Waals surface area contributed by atoms with E-state index in [1.807, 2.05) is 0 Å². The minimum atomic E-state index is 0.784. The first-order chi connectivity index (χ1) is 7.70. The molecule has 0 amide bonds. The molecule has 2 nitrogen and oxygen atoms in total. The Labute approximate surface area is 101 Å². The van der Waals surface area contributed by atoms with Gasteiger partial charge in [-0.15, -0.1) is 0 Å². The second kappa shape index (κ2) is 5.50. The Balaban J connectivity index is 1.79. The Bertz CT molecular complexity index is 211. The lowest BCUT2D eigenvalue weighted by atomic mass is 9.89. The molecule has 2 fully saturated rings. The zero-order valence-corrected chi connectivity index (χ0v) is 11.2. The highest BCUT2D eigenvalue weighted by atomic mass is 15.1. The summed E-state index contributed by atoms with van der Waals surface area (Å²) in [7, 11) is 4.45. The zero-order chi connectivity index (χ0) is 11.5. The smallest absolute Gasteiger partial charge is 0.0104 e. The second-order valence-corrected chi connectivity index (χ2v) is 6.00. The maximum Gasteiger partial charge on any atom is 0.0104 e. The van der Waals surface area contributed by atoms with Crippen LogP contribution < -0.4 is 5.32 Å². The molecule has 0 heterocycles. The van der Waals surface area contributed by atoms with Crippen LogP contribution >= 0.6 is 0 Å². The number of rotatable bonds is 5. The van der Waals surface area contributed by atoms with Gasteiger partial charge in [0.2, 0.25) is 0 Å². The molecule has 0 spiro atoms. The molecule has 0 aromatic heterocycles. The zero-order valence-electron chi connectivity index (χ0n) is 11.2. The molecule has 2 rings (SSSR count). The van der Waals surface area contributed by atoms with Gasteiger partial charge in [-0.25, -0.2) is 0 Å². The van der Waals surface area contributed by atoms with Crippen LogP contribution in [0.3, 0.4) is 0 Å². The van der Waals surface area contributed by atoms with Crippen molar-refractivity contribution in [2.75, 3.05) is 14.1 Å². The lowest BCUT2D eigenvalue weighted by Crippen LogP contribution is -2.45. The molecular weight excluding hydrogens is 196 g/mol. The number of hydrogen-bond donors (Lipinski definition) is 1. The number of nitrogens with zero attached hydrogens (tertiary/aromatic N) is 1. The third-order valence-electron chi connectivity index (χ3n) is 4.46. The summed E-state index contributed by atoms with van der Waals surface area (Å²) >= 11 is 0. The van der Waals surface area contributed by atoms with Crippen molar-refractivity contribution in [3.05, 3.63) is 0 Å². The maximum atomic E-state index is 3.93. The quantitative estimate of drug-likeness (QED) is 0.772. The van der Waals surface area contributed by atoms with E-state index in [1.54, 1.807) is 0 Å². The first-order valence-corrected chi connectivity index (χ1v) is 7.13. The molecule has 0 aromatic rings. The topological polar surface area (TPSA) is 15.3 Å². The lowest BCUT2D eigenvalue weighted by molar-refractivity contribution is 0.188. The van der Waals surface area contributed by atoms with Gasteiger partial charge in [-0.3, -0.25) is 0 Å². The Hall–Kier alpha value is -0.0800. The SMILES string of the molecule is CCC(NC1CCCC(N(C)C)C1)C1CC1. The van der Waals surface area contributed by atoms with Crippen molar-refractivity contribution >= 4 is 0 Å². The van der Waals surface area contributed by atoms with E-state index in [4.69, 9.17) is 0 Å². The van der Waals surface area contributed by atoms with Crippen molar-refractivity contribution in [3.8, 4) is 0 Å². The molecule has 0 radical (unpaired) electrons. The van der Waals surface area contributed by atoms with E-state index in [9.17, 15) is 0 Å². The van der Waals surface area contributed by atoms with Crippen LogP contribution in [0.2, 0.25) is 0 Å². The van der Waals surface area contributed by atoms with E-state index in [0.717, 1.165) is 24.0 Å². The van der Waals surface area contributed by atoms with Crippen LogP contribution in [0.1, 0.15) is 51.9 Å². The average Bonchev–Trinajstić information content (AvgIpc) is 3.10. The Kier molecular flexibility index (Phi) is 4.26. The summed E-state index contributed by atoms with van der Waals surface area (Å²) in [5, 5.41) is 3.93. The van der Waals surface area contributed by atoms with Crippen molar-refractivity contribution < 1.29 is 0 Å². The van der Waals surface area contributed by atoms with Crippen molar-refractivity contribution in [1.29, 1.82) is 0 Å². The van der Waals surface area contributed by atoms with Crippen molar-refractivity contribution in [2.24, 2.45) is 5.92 Å². The van der Waals surface area contributed by atoms with Crippen LogP contribution in [-0.4, -0.2) is 37.1 Å². The van der Waals surface area contributed by atoms with Gasteiger partial charge in [0.25, 0.3) is 0 Å². The van der Waals surface area contributed by atoms with Crippen molar-refractivity contribution in [2.45, 2.75) is 70.0 Å². The van der Waals surface area contributed by atoms with Crippen LogP contribution in [0.25, 0.3) is 0 Å². The van der Waals surface area contributed by atoms with Gasteiger partial charge in [0, 0.05) is 18.1 Å². The summed E-state index contributed by atoms with van der Waals surface area (Å²) < 4.78 is 0. The normalized spacial score (nSPS) is 33.0. The third-order valence-corrected chi connectivity index (χ3v) is 4.46. The van der Waals surface area contributed by atoms with E-state index in [0.29, 0.717) is 0 Å². The Morgan fingerprint density at radius 3 is 2.50 bits per heavy atom. The summed E-state index contributed by atoms with van der Waals surface area (Å²) in [5.41, 5.74) is 0. The fraction of sp³-hybridized carbons (Fsp3) is 1.00. The predicted octanol–water partition coefficient (Wildman–Crippen LogP) is 2.64. The van der Waals surface area contributed by atoms with E-state index < -0.39 is 0 Å².